The summed E-state index contributed by atoms with van der Waals surface area (Å²) in [7, 11) is 2.93. The smallest absolute Gasteiger partial charge is 0.316 e. The molecule has 0 saturated heterocycles. The van der Waals surface area contributed by atoms with Gasteiger partial charge in [0.2, 0.25) is 5.78 Å². The normalized spacial score (nSPS) is 10.1. The van der Waals surface area contributed by atoms with Gasteiger partial charge in [-0.3, -0.25) is 19.7 Å². The molecule has 0 aliphatic heterocycles. The third kappa shape index (κ3) is 5.71. The van der Waals surface area contributed by atoms with Gasteiger partial charge in [0.25, 0.3) is 5.69 Å². The second-order valence-electron chi connectivity index (χ2n) is 5.19. The number of nitro groups is 1. The first-order valence-electron chi connectivity index (χ1n) is 7.72. The summed E-state index contributed by atoms with van der Waals surface area (Å²) in [5.41, 5.74) is 0.259. The second kappa shape index (κ2) is 9.58. The lowest BCUT2D eigenvalue weighted by molar-refractivity contribution is -0.384. The molecule has 8 nitrogen and oxygen atoms in total. The number of rotatable bonds is 9. The molecule has 0 heterocycles. The van der Waals surface area contributed by atoms with E-state index in [1.165, 1.54) is 26.4 Å². The first-order chi connectivity index (χ1) is 12.9. The van der Waals surface area contributed by atoms with E-state index >= 15 is 0 Å². The van der Waals surface area contributed by atoms with Crippen molar-refractivity contribution >= 4 is 29.2 Å². The van der Waals surface area contributed by atoms with Crippen molar-refractivity contribution in [3.63, 3.8) is 0 Å². The van der Waals surface area contributed by atoms with Gasteiger partial charge in [-0.2, -0.15) is 0 Å². The van der Waals surface area contributed by atoms with Gasteiger partial charge in [0.05, 0.1) is 30.5 Å². The first-order valence-corrected chi connectivity index (χ1v) is 8.71. The summed E-state index contributed by atoms with van der Waals surface area (Å²) in [4.78, 5) is 34.8. The number of ether oxygens (including phenoxy) is 3. The molecule has 0 N–H and O–H groups in total. The van der Waals surface area contributed by atoms with E-state index in [4.69, 9.17) is 14.2 Å². The number of nitrogens with zero attached hydrogens (tertiary/aromatic N) is 1. The predicted molar refractivity (Wildman–Crippen MR) is 98.7 cm³/mol. The maximum Gasteiger partial charge on any atom is 0.316 e. The molecule has 27 heavy (non-hydrogen) atoms. The van der Waals surface area contributed by atoms with Crippen molar-refractivity contribution in [1.29, 1.82) is 0 Å². The minimum atomic E-state index is -0.570. The lowest BCUT2D eigenvalue weighted by Crippen LogP contribution is -2.16. The Kier molecular flexibility index (Phi) is 7.18. The van der Waals surface area contributed by atoms with Gasteiger partial charge in [0.15, 0.2) is 6.61 Å². The molecule has 0 aliphatic rings. The van der Waals surface area contributed by atoms with Crippen LogP contribution in [0.15, 0.2) is 47.4 Å². The molecule has 2 rings (SSSR count). The number of thioether (sulfide) groups is 1. The van der Waals surface area contributed by atoms with Crippen molar-refractivity contribution < 1.29 is 28.7 Å². The zero-order chi connectivity index (χ0) is 19.8. The van der Waals surface area contributed by atoms with E-state index in [1.54, 1.807) is 30.3 Å². The summed E-state index contributed by atoms with van der Waals surface area (Å²) < 4.78 is 15.2. The maximum atomic E-state index is 12.2. The van der Waals surface area contributed by atoms with Crippen LogP contribution in [0.2, 0.25) is 0 Å². The molecule has 2 aromatic rings. The number of carbonyl (C=O) groups is 2. The van der Waals surface area contributed by atoms with Crippen LogP contribution >= 0.6 is 11.8 Å². The fourth-order valence-corrected chi connectivity index (χ4v) is 2.80. The van der Waals surface area contributed by atoms with Gasteiger partial charge in [0, 0.05) is 23.1 Å². The highest BCUT2D eigenvalue weighted by atomic mass is 32.2. The summed E-state index contributed by atoms with van der Waals surface area (Å²) in [6.45, 7) is -0.414. The largest absolute Gasteiger partial charge is 0.497 e. The van der Waals surface area contributed by atoms with E-state index in [9.17, 15) is 19.7 Å². The van der Waals surface area contributed by atoms with E-state index in [0.717, 1.165) is 11.8 Å². The molecular weight excluding hydrogens is 374 g/mol. The van der Waals surface area contributed by atoms with E-state index in [2.05, 4.69) is 0 Å². The zero-order valence-corrected chi connectivity index (χ0v) is 15.5. The van der Waals surface area contributed by atoms with Gasteiger partial charge in [-0.1, -0.05) is 0 Å². The lowest BCUT2D eigenvalue weighted by atomic mass is 10.1. The Morgan fingerprint density at radius 3 is 2.37 bits per heavy atom. The fourth-order valence-electron chi connectivity index (χ4n) is 2.10. The first kappa shape index (κ1) is 20.2. The molecular formula is C18H17NO7S. The third-order valence-corrected chi connectivity index (χ3v) is 4.46. The number of esters is 1. The number of methoxy groups -OCH3 is 2. The molecule has 9 heteroatoms. The second-order valence-corrected chi connectivity index (χ2v) is 6.24. The van der Waals surface area contributed by atoms with Gasteiger partial charge in [0.1, 0.15) is 11.5 Å². The molecule has 142 valence electrons. The van der Waals surface area contributed by atoms with Gasteiger partial charge in [-0.15, -0.1) is 11.8 Å². The van der Waals surface area contributed by atoms with E-state index in [1.807, 2.05) is 0 Å². The number of ketones is 1. The standard InChI is InChI=1S/C18H17NO7S/c1-24-13-5-8-15(17(9-13)25-2)16(20)10-26-18(21)11-27-14-6-3-12(4-7-14)19(22)23/h3-9H,10-11H2,1-2H3. The summed E-state index contributed by atoms with van der Waals surface area (Å²) >= 11 is 1.16. The van der Waals surface area contributed by atoms with Crippen molar-refractivity contribution in [3.8, 4) is 11.5 Å². The number of Topliss-reactive ketones (excluding diaryl/α,β-unsaturated/α-hetero) is 1. The molecule has 0 aliphatic carbocycles. The molecule has 2 aromatic carbocycles. The van der Waals surface area contributed by atoms with Crippen molar-refractivity contribution in [2.24, 2.45) is 0 Å². The molecule has 0 aromatic heterocycles. The third-order valence-electron chi connectivity index (χ3n) is 3.48. The Balaban J connectivity index is 1.86. The van der Waals surface area contributed by atoms with Crippen LogP contribution < -0.4 is 9.47 Å². The molecule has 0 saturated carbocycles. The monoisotopic (exact) mass is 391 g/mol. The Morgan fingerprint density at radius 2 is 1.78 bits per heavy atom. The van der Waals surface area contributed by atoms with Crippen LogP contribution in [0.3, 0.4) is 0 Å². The molecule has 0 bridgehead atoms. The van der Waals surface area contributed by atoms with Crippen LogP contribution in [0.5, 0.6) is 11.5 Å². The van der Waals surface area contributed by atoms with E-state index in [-0.39, 0.29) is 17.0 Å². The Bertz CT molecular complexity index is 836. The minimum absolute atomic E-state index is 0.0230. The van der Waals surface area contributed by atoms with Gasteiger partial charge in [-0.25, -0.2) is 0 Å². The van der Waals surface area contributed by atoms with E-state index in [0.29, 0.717) is 16.4 Å². The maximum absolute atomic E-state index is 12.2. The predicted octanol–water partition coefficient (Wildman–Crippen LogP) is 3.13. The average Bonchev–Trinajstić information content (AvgIpc) is 2.70. The molecule has 0 spiro atoms. The van der Waals surface area contributed by atoms with Crippen molar-refractivity contribution in [2.75, 3.05) is 26.6 Å². The lowest BCUT2D eigenvalue weighted by Gasteiger charge is -2.10. The Labute approximate surface area is 159 Å². The summed E-state index contributed by atoms with van der Waals surface area (Å²) in [5.74, 6) is -0.122. The Hall–Kier alpha value is -3.07. The molecule has 0 fully saturated rings. The van der Waals surface area contributed by atoms with E-state index < -0.39 is 23.3 Å². The van der Waals surface area contributed by atoms with Gasteiger partial charge >= 0.3 is 5.97 Å². The number of nitro benzene ring substituents is 1. The van der Waals surface area contributed by atoms with Crippen LogP contribution in [0, 0.1) is 10.1 Å². The van der Waals surface area contributed by atoms with Gasteiger partial charge < -0.3 is 14.2 Å². The van der Waals surface area contributed by atoms with Crippen LogP contribution in [-0.4, -0.2) is 43.3 Å². The number of hydrogen-bond donors (Lipinski definition) is 0. The topological polar surface area (TPSA) is 105 Å². The van der Waals surface area contributed by atoms with Crippen molar-refractivity contribution in [1.82, 2.24) is 0 Å². The summed E-state index contributed by atoms with van der Waals surface area (Å²) in [5, 5.41) is 10.6. The van der Waals surface area contributed by atoms with Crippen molar-refractivity contribution in [2.45, 2.75) is 4.90 Å². The van der Waals surface area contributed by atoms with Crippen molar-refractivity contribution in [3.05, 3.63) is 58.1 Å². The van der Waals surface area contributed by atoms with Crippen LogP contribution in [0.1, 0.15) is 10.4 Å². The Morgan fingerprint density at radius 1 is 1.07 bits per heavy atom. The molecule has 0 unspecified atom stereocenters. The minimum Gasteiger partial charge on any atom is -0.497 e. The van der Waals surface area contributed by atoms with Crippen LogP contribution in [0.25, 0.3) is 0 Å². The zero-order valence-electron chi connectivity index (χ0n) is 14.7. The summed E-state index contributed by atoms with van der Waals surface area (Å²) in [6, 6.07) is 10.5. The molecule has 0 radical (unpaired) electrons. The SMILES string of the molecule is COc1ccc(C(=O)COC(=O)CSc2ccc([N+](=O)[O-])cc2)c(OC)c1. The fraction of sp³-hybridized carbons (Fsp3) is 0.222. The number of non-ortho nitro benzene ring substituents is 1. The average molecular weight is 391 g/mol. The number of hydrogen-bond acceptors (Lipinski definition) is 8. The number of carbonyl (C=O) groups excluding carboxylic acids is 2. The quantitative estimate of drug-likeness (QED) is 0.211. The van der Waals surface area contributed by atoms with Crippen LogP contribution in [0.4, 0.5) is 5.69 Å². The van der Waals surface area contributed by atoms with Crippen LogP contribution in [-0.2, 0) is 9.53 Å². The number of benzene rings is 2. The molecule has 0 atom stereocenters. The summed E-state index contributed by atoms with van der Waals surface area (Å²) in [6.07, 6.45) is 0. The molecule has 0 amide bonds. The highest BCUT2D eigenvalue weighted by molar-refractivity contribution is 8.00. The highest BCUT2D eigenvalue weighted by Crippen LogP contribution is 2.25. The highest BCUT2D eigenvalue weighted by Gasteiger charge is 2.16. The van der Waals surface area contributed by atoms with Gasteiger partial charge in [-0.05, 0) is 24.3 Å².